The second-order valence-electron chi connectivity index (χ2n) is 10.4. The van der Waals surface area contributed by atoms with Crippen LogP contribution in [0.4, 0.5) is 23.5 Å². The van der Waals surface area contributed by atoms with Gasteiger partial charge in [0, 0.05) is 60.6 Å². The van der Waals surface area contributed by atoms with E-state index in [0.29, 0.717) is 59.9 Å². The SMILES string of the molecule is NC(=O)c1c(Nc2cc(-c3csc4c(=O)cc(N5CCOCC5)oc34)sn2)nc(N[C@H]2CCCC[C@H]2N)n2ccnc12. The number of nitrogens with one attached hydrogen (secondary N) is 2. The topological polar surface area (TPSA) is 179 Å². The first kappa shape index (κ1) is 26.8. The highest BCUT2D eigenvalue weighted by Crippen LogP contribution is 2.38. The highest BCUT2D eigenvalue weighted by molar-refractivity contribution is 7.18. The number of fused-ring (bicyclic) bond motifs is 2. The van der Waals surface area contributed by atoms with E-state index in [1.165, 1.54) is 22.9 Å². The van der Waals surface area contributed by atoms with Crippen LogP contribution >= 0.6 is 22.9 Å². The Kier molecular flexibility index (Phi) is 7.01. The second-order valence-corrected chi connectivity index (χ2v) is 12.1. The van der Waals surface area contributed by atoms with E-state index in [4.69, 9.17) is 25.6 Å². The monoisotopic (exact) mass is 607 g/mol. The Bertz CT molecular complexity index is 1840. The Labute approximate surface area is 247 Å². The average Bonchev–Trinajstić information content (AvgIpc) is 3.75. The predicted octanol–water partition coefficient (Wildman–Crippen LogP) is 3.38. The van der Waals surface area contributed by atoms with Crippen molar-refractivity contribution in [1.29, 1.82) is 0 Å². The summed E-state index contributed by atoms with van der Waals surface area (Å²) in [4.78, 5) is 37.4. The molecule has 1 aliphatic carbocycles. The summed E-state index contributed by atoms with van der Waals surface area (Å²) in [6, 6.07) is 3.41. The molecule has 0 spiro atoms. The number of ether oxygens (including phenoxy) is 1. The second kappa shape index (κ2) is 11.0. The van der Waals surface area contributed by atoms with Gasteiger partial charge in [-0.15, -0.1) is 11.3 Å². The first-order chi connectivity index (χ1) is 20.5. The van der Waals surface area contributed by atoms with Gasteiger partial charge in [-0.05, 0) is 24.4 Å². The number of primary amides is 1. The van der Waals surface area contributed by atoms with E-state index < -0.39 is 5.91 Å². The summed E-state index contributed by atoms with van der Waals surface area (Å²) in [5, 5.41) is 8.54. The fourth-order valence-electron chi connectivity index (χ4n) is 5.53. The Hall–Kier alpha value is -4.05. The number of aromatic nitrogens is 4. The van der Waals surface area contributed by atoms with Gasteiger partial charge in [0.1, 0.15) is 16.1 Å². The normalized spacial score (nSPS) is 19.4. The standard InChI is InChI=1S/C27H29N9O4S2/c28-15-3-1-2-4-16(15)31-27-33-25(21(24(29)38)26-30-5-6-36(26)27)32-19-12-18(42-34-19)14-13-41-23-17(37)11-20(40-22(14)23)35-7-9-39-10-8-35/h5-6,11-13,15-16H,1-4,7-10,28H2,(H2,29,38)(H,31,33)(H,32,34)/t15-,16+/m1/s1. The highest BCUT2D eigenvalue weighted by atomic mass is 32.1. The molecule has 15 heteroatoms. The molecule has 0 bridgehead atoms. The number of rotatable bonds is 7. The molecule has 5 aromatic heterocycles. The van der Waals surface area contributed by atoms with Crippen LogP contribution in [-0.4, -0.2) is 63.0 Å². The average molecular weight is 608 g/mol. The maximum atomic E-state index is 12.9. The van der Waals surface area contributed by atoms with Crippen LogP contribution in [-0.2, 0) is 4.74 Å². The summed E-state index contributed by atoms with van der Waals surface area (Å²) in [7, 11) is 0. The highest BCUT2D eigenvalue weighted by Gasteiger charge is 2.26. The first-order valence-corrected chi connectivity index (χ1v) is 15.4. The fraction of sp³-hybridized carbons (Fsp3) is 0.370. The van der Waals surface area contributed by atoms with Gasteiger partial charge in [0.2, 0.25) is 11.4 Å². The lowest BCUT2D eigenvalue weighted by Crippen LogP contribution is -2.43. The van der Waals surface area contributed by atoms with Gasteiger partial charge in [-0.3, -0.25) is 14.0 Å². The van der Waals surface area contributed by atoms with Crippen molar-refractivity contribution in [2.45, 2.75) is 37.8 Å². The van der Waals surface area contributed by atoms with Crippen molar-refractivity contribution in [2.75, 3.05) is 41.8 Å². The Morgan fingerprint density at radius 2 is 2.00 bits per heavy atom. The molecule has 7 rings (SSSR count). The van der Waals surface area contributed by atoms with Crippen LogP contribution in [0.25, 0.3) is 26.4 Å². The van der Waals surface area contributed by atoms with Crippen LogP contribution in [0, 0.1) is 0 Å². The summed E-state index contributed by atoms with van der Waals surface area (Å²) in [5.74, 6) is 1.07. The minimum atomic E-state index is -0.668. The van der Waals surface area contributed by atoms with Crippen molar-refractivity contribution in [3.05, 3.63) is 45.7 Å². The van der Waals surface area contributed by atoms with Crippen molar-refractivity contribution in [3.63, 3.8) is 0 Å². The van der Waals surface area contributed by atoms with Crippen LogP contribution in [0.5, 0.6) is 0 Å². The van der Waals surface area contributed by atoms with E-state index in [-0.39, 0.29) is 28.9 Å². The molecular formula is C27H29N9O4S2. The van der Waals surface area contributed by atoms with E-state index in [1.807, 2.05) is 16.3 Å². The van der Waals surface area contributed by atoms with E-state index in [0.717, 1.165) is 36.1 Å². The number of thiophene rings is 1. The zero-order valence-electron chi connectivity index (χ0n) is 22.5. The molecule has 2 aliphatic rings. The number of carbonyl (C=O) groups is 1. The van der Waals surface area contributed by atoms with E-state index in [2.05, 4.69) is 20.0 Å². The van der Waals surface area contributed by atoms with Gasteiger partial charge in [0.05, 0.1) is 18.1 Å². The zero-order chi connectivity index (χ0) is 28.8. The molecule has 1 saturated carbocycles. The Morgan fingerprint density at radius 3 is 2.81 bits per heavy atom. The number of amides is 1. The van der Waals surface area contributed by atoms with Crippen LogP contribution in [0.3, 0.4) is 0 Å². The van der Waals surface area contributed by atoms with Crippen molar-refractivity contribution in [2.24, 2.45) is 11.5 Å². The number of nitrogens with two attached hydrogens (primary N) is 2. The number of imidazole rings is 1. The van der Waals surface area contributed by atoms with Crippen LogP contribution in [0.1, 0.15) is 36.0 Å². The number of nitrogens with zero attached hydrogens (tertiary/aromatic N) is 5. The number of hydrogen-bond donors (Lipinski definition) is 4. The molecule has 218 valence electrons. The number of anilines is 4. The largest absolute Gasteiger partial charge is 0.439 e. The molecule has 6 heterocycles. The molecule has 1 saturated heterocycles. The third-order valence-corrected chi connectivity index (χ3v) is 9.50. The number of morpholine rings is 1. The molecule has 5 aromatic rings. The molecule has 1 amide bonds. The van der Waals surface area contributed by atoms with Crippen LogP contribution in [0.2, 0.25) is 0 Å². The summed E-state index contributed by atoms with van der Waals surface area (Å²) in [6.07, 6.45) is 7.37. The van der Waals surface area contributed by atoms with Gasteiger partial charge in [-0.1, -0.05) is 12.8 Å². The van der Waals surface area contributed by atoms with Crippen molar-refractivity contribution in [1.82, 2.24) is 18.7 Å². The lowest BCUT2D eigenvalue weighted by Gasteiger charge is -2.30. The molecule has 0 radical (unpaired) electrons. The summed E-state index contributed by atoms with van der Waals surface area (Å²) >= 11 is 2.58. The van der Waals surface area contributed by atoms with Crippen LogP contribution in [0.15, 0.2) is 39.1 Å². The van der Waals surface area contributed by atoms with Gasteiger partial charge in [0.15, 0.2) is 22.9 Å². The lowest BCUT2D eigenvalue weighted by atomic mass is 9.91. The smallest absolute Gasteiger partial charge is 0.256 e. The Balaban J connectivity index is 1.23. The molecule has 2 fully saturated rings. The molecule has 1 aliphatic heterocycles. The molecule has 6 N–H and O–H groups in total. The maximum Gasteiger partial charge on any atom is 0.256 e. The van der Waals surface area contributed by atoms with E-state index >= 15 is 0 Å². The zero-order valence-corrected chi connectivity index (χ0v) is 24.2. The molecule has 0 unspecified atom stereocenters. The molecule has 13 nitrogen and oxygen atoms in total. The minimum Gasteiger partial charge on any atom is -0.439 e. The van der Waals surface area contributed by atoms with E-state index in [1.54, 1.807) is 22.9 Å². The number of hydrogen-bond acceptors (Lipinski definition) is 13. The summed E-state index contributed by atoms with van der Waals surface area (Å²) in [5.41, 5.74) is 13.9. The van der Waals surface area contributed by atoms with Crippen molar-refractivity contribution < 1.29 is 13.9 Å². The van der Waals surface area contributed by atoms with Crippen molar-refractivity contribution in [3.8, 4) is 10.4 Å². The maximum absolute atomic E-state index is 12.9. The fourth-order valence-corrected chi connectivity index (χ4v) is 7.21. The first-order valence-electron chi connectivity index (χ1n) is 13.8. The molecular weight excluding hydrogens is 578 g/mol. The predicted molar refractivity (Wildman–Crippen MR) is 163 cm³/mol. The third kappa shape index (κ3) is 4.87. The third-order valence-electron chi connectivity index (χ3n) is 7.70. The molecule has 0 aromatic carbocycles. The summed E-state index contributed by atoms with van der Waals surface area (Å²) < 4.78 is 18.5. The minimum absolute atomic E-state index is 0.00306. The van der Waals surface area contributed by atoms with Gasteiger partial charge in [-0.25, -0.2) is 4.98 Å². The quantitative estimate of drug-likeness (QED) is 0.213. The molecule has 2 atom stereocenters. The van der Waals surface area contributed by atoms with Gasteiger partial charge >= 0.3 is 0 Å². The van der Waals surface area contributed by atoms with Crippen LogP contribution < -0.4 is 32.4 Å². The molecule has 42 heavy (non-hydrogen) atoms. The van der Waals surface area contributed by atoms with Gasteiger partial charge < -0.3 is 36.2 Å². The number of carbonyl (C=O) groups excluding carboxylic acids is 1. The van der Waals surface area contributed by atoms with Gasteiger partial charge in [0.25, 0.3) is 5.91 Å². The van der Waals surface area contributed by atoms with Crippen molar-refractivity contribution >= 4 is 68.2 Å². The summed E-state index contributed by atoms with van der Waals surface area (Å²) in [6.45, 7) is 2.47. The van der Waals surface area contributed by atoms with E-state index in [9.17, 15) is 9.59 Å². The lowest BCUT2D eigenvalue weighted by molar-refractivity contribution is 0.100. The Morgan fingerprint density at radius 1 is 1.17 bits per heavy atom. The van der Waals surface area contributed by atoms with Gasteiger partial charge in [-0.2, -0.15) is 9.36 Å².